The van der Waals surface area contributed by atoms with Crippen LogP contribution in [-0.4, -0.2) is 40.0 Å². The van der Waals surface area contributed by atoms with E-state index < -0.39 is 0 Å². The normalized spacial score (nSPS) is 20.1. The van der Waals surface area contributed by atoms with Crippen molar-refractivity contribution in [1.29, 1.82) is 0 Å². The van der Waals surface area contributed by atoms with Crippen molar-refractivity contribution in [2.45, 2.75) is 38.6 Å². The number of likely N-dealkylation sites (tertiary alicyclic amines) is 1. The van der Waals surface area contributed by atoms with Crippen LogP contribution in [0.5, 0.6) is 0 Å². The highest BCUT2D eigenvalue weighted by atomic mass is 32.1. The van der Waals surface area contributed by atoms with Crippen molar-refractivity contribution in [2.75, 3.05) is 24.5 Å². The Hall–Kier alpha value is -2.60. The van der Waals surface area contributed by atoms with Crippen molar-refractivity contribution in [3.63, 3.8) is 0 Å². The number of hydrogen-bond acceptors (Lipinski definition) is 4. The summed E-state index contributed by atoms with van der Waals surface area (Å²) in [5.41, 5.74) is 3.35. The zero-order valence-electron chi connectivity index (χ0n) is 17.6. The summed E-state index contributed by atoms with van der Waals surface area (Å²) in [6, 6.07) is 10.6. The fourth-order valence-corrected chi connectivity index (χ4v) is 5.60. The van der Waals surface area contributed by atoms with Crippen LogP contribution in [0.2, 0.25) is 0 Å². The lowest BCUT2D eigenvalue weighted by Gasteiger charge is -2.47. The summed E-state index contributed by atoms with van der Waals surface area (Å²) < 4.78 is 2.23. The van der Waals surface area contributed by atoms with Crippen LogP contribution >= 0.6 is 11.3 Å². The van der Waals surface area contributed by atoms with Gasteiger partial charge in [0.2, 0.25) is 5.91 Å². The molecule has 1 amide bonds. The van der Waals surface area contributed by atoms with Gasteiger partial charge in [-0.3, -0.25) is 4.79 Å². The maximum atomic E-state index is 13.1. The Morgan fingerprint density at radius 1 is 1.27 bits per heavy atom. The molecule has 0 aliphatic carbocycles. The number of nitrogens with zero attached hydrogens (tertiary/aromatic N) is 4. The van der Waals surface area contributed by atoms with Crippen LogP contribution in [0.1, 0.15) is 37.9 Å². The Morgan fingerprint density at radius 3 is 2.97 bits per heavy atom. The second-order valence-electron chi connectivity index (χ2n) is 8.85. The first-order valence-electron chi connectivity index (χ1n) is 10.8. The van der Waals surface area contributed by atoms with E-state index in [4.69, 9.17) is 4.98 Å². The molecular formula is C24H28N4OS. The van der Waals surface area contributed by atoms with Crippen molar-refractivity contribution >= 4 is 22.9 Å². The van der Waals surface area contributed by atoms with Crippen LogP contribution in [0.25, 0.3) is 5.82 Å². The summed E-state index contributed by atoms with van der Waals surface area (Å²) >= 11 is 1.65. The summed E-state index contributed by atoms with van der Waals surface area (Å²) in [7, 11) is 0. The summed E-state index contributed by atoms with van der Waals surface area (Å²) in [6.07, 6.45) is 6.52. The first-order chi connectivity index (χ1) is 14.6. The number of amides is 1. The highest BCUT2D eigenvalue weighted by Gasteiger charge is 2.50. The van der Waals surface area contributed by atoms with Gasteiger partial charge in [0.15, 0.2) is 5.82 Å². The zero-order valence-corrected chi connectivity index (χ0v) is 18.4. The highest BCUT2D eigenvalue weighted by molar-refractivity contribution is 7.08. The van der Waals surface area contributed by atoms with Crippen LogP contribution < -0.4 is 4.90 Å². The Morgan fingerprint density at radius 2 is 2.17 bits per heavy atom. The van der Waals surface area contributed by atoms with Crippen LogP contribution in [-0.2, 0) is 16.8 Å². The number of carbonyl (C=O) groups is 1. The Kier molecular flexibility index (Phi) is 4.89. The Labute approximate surface area is 182 Å². The van der Waals surface area contributed by atoms with Crippen LogP contribution in [0.4, 0.5) is 5.69 Å². The fraction of sp³-hybridized carbons (Fsp3) is 0.417. The van der Waals surface area contributed by atoms with Crippen molar-refractivity contribution in [1.82, 2.24) is 14.5 Å². The number of anilines is 1. The van der Waals surface area contributed by atoms with Crippen molar-refractivity contribution in [3.8, 4) is 5.82 Å². The van der Waals surface area contributed by atoms with E-state index in [1.54, 1.807) is 11.3 Å². The molecule has 0 N–H and O–H groups in total. The Balaban J connectivity index is 1.51. The van der Waals surface area contributed by atoms with E-state index in [1.807, 2.05) is 17.6 Å². The number of fused-ring (bicyclic) bond motifs is 4. The van der Waals surface area contributed by atoms with E-state index in [0.29, 0.717) is 12.3 Å². The first-order valence-corrected chi connectivity index (χ1v) is 11.7. The minimum absolute atomic E-state index is 0.196. The third kappa shape index (κ3) is 3.14. The summed E-state index contributed by atoms with van der Waals surface area (Å²) in [5.74, 6) is 1.84. The van der Waals surface area contributed by atoms with E-state index in [9.17, 15) is 4.79 Å². The predicted molar refractivity (Wildman–Crippen MR) is 121 cm³/mol. The lowest BCUT2D eigenvalue weighted by atomic mass is 9.88. The predicted octanol–water partition coefficient (Wildman–Crippen LogP) is 4.47. The second kappa shape index (κ2) is 7.58. The van der Waals surface area contributed by atoms with Crippen molar-refractivity contribution < 1.29 is 4.79 Å². The Bertz CT molecular complexity index is 1040. The van der Waals surface area contributed by atoms with E-state index in [-0.39, 0.29) is 11.4 Å². The van der Waals surface area contributed by atoms with Crippen molar-refractivity contribution in [2.24, 2.45) is 5.92 Å². The molecule has 1 spiro atoms. The molecule has 0 saturated carbocycles. The van der Waals surface area contributed by atoms with Crippen LogP contribution in [0.3, 0.4) is 0 Å². The monoisotopic (exact) mass is 420 g/mol. The number of carbonyl (C=O) groups excluding carboxylic acids is 1. The van der Waals surface area contributed by atoms with Gasteiger partial charge in [-0.2, -0.15) is 11.3 Å². The fourth-order valence-electron chi connectivity index (χ4n) is 4.94. The maximum Gasteiger partial charge on any atom is 0.227 e. The van der Waals surface area contributed by atoms with Gasteiger partial charge >= 0.3 is 0 Å². The number of rotatable bonds is 5. The standard InChI is InChI=1S/C24H28N4OS/c1-18(2)7-12-28-20-5-3-10-25-23(20)27-11-4-6-21(27)24(28)9-13-26(17-24)22(29)15-19-8-14-30-16-19/h3-6,8,10-11,14,16,18H,7,9,12-13,15,17H2,1-2H3/t24-/m0/s1. The van der Waals surface area contributed by atoms with Crippen molar-refractivity contribution in [3.05, 3.63) is 64.7 Å². The molecule has 0 radical (unpaired) electrons. The van der Waals surface area contributed by atoms with Gasteiger partial charge in [0, 0.05) is 32.0 Å². The molecule has 0 unspecified atom stereocenters. The second-order valence-corrected chi connectivity index (χ2v) is 9.63. The SMILES string of the molecule is CC(C)CCN1c2cccnc2-n2cccc2[C@@]12CCN(C(=O)Cc1ccsc1)C2. The molecule has 0 bridgehead atoms. The lowest BCUT2D eigenvalue weighted by Crippen LogP contribution is -2.53. The molecule has 1 fully saturated rings. The molecule has 2 aliphatic heterocycles. The molecule has 3 aromatic rings. The number of thiophene rings is 1. The van der Waals surface area contributed by atoms with E-state index in [0.717, 1.165) is 43.9 Å². The summed E-state index contributed by atoms with van der Waals surface area (Å²) in [4.78, 5) is 22.4. The first kappa shape index (κ1) is 19.4. The zero-order chi connectivity index (χ0) is 20.7. The average Bonchev–Trinajstić information content (AvgIpc) is 3.49. The molecule has 5 rings (SSSR count). The minimum Gasteiger partial charge on any atom is -0.355 e. The van der Waals surface area contributed by atoms with E-state index >= 15 is 0 Å². The summed E-state index contributed by atoms with van der Waals surface area (Å²) in [6.45, 7) is 7.03. The topological polar surface area (TPSA) is 41.4 Å². The van der Waals surface area contributed by atoms with Gasteiger partial charge in [-0.25, -0.2) is 4.98 Å². The van der Waals surface area contributed by atoms with Gasteiger partial charge in [0.1, 0.15) is 5.54 Å². The molecule has 0 aromatic carbocycles. The van der Waals surface area contributed by atoms with Gasteiger partial charge in [-0.15, -0.1) is 0 Å². The molecule has 3 aromatic heterocycles. The quantitative estimate of drug-likeness (QED) is 0.612. The van der Waals surface area contributed by atoms with E-state index in [2.05, 4.69) is 64.1 Å². The minimum atomic E-state index is -0.196. The van der Waals surface area contributed by atoms with Gasteiger partial charge in [0.25, 0.3) is 0 Å². The third-order valence-electron chi connectivity index (χ3n) is 6.49. The third-order valence-corrected chi connectivity index (χ3v) is 7.23. The molecule has 2 aliphatic rings. The number of aromatic nitrogens is 2. The lowest BCUT2D eigenvalue weighted by molar-refractivity contribution is -0.129. The van der Waals surface area contributed by atoms with Gasteiger partial charge < -0.3 is 14.4 Å². The van der Waals surface area contributed by atoms with Crippen LogP contribution in [0, 0.1) is 5.92 Å². The molecule has 30 heavy (non-hydrogen) atoms. The highest BCUT2D eigenvalue weighted by Crippen LogP contribution is 2.47. The summed E-state index contributed by atoms with van der Waals surface area (Å²) in [5, 5.41) is 4.12. The molecule has 156 valence electrons. The van der Waals surface area contributed by atoms with Gasteiger partial charge in [0.05, 0.1) is 17.8 Å². The molecule has 6 heteroatoms. The maximum absolute atomic E-state index is 13.1. The van der Waals surface area contributed by atoms with E-state index in [1.165, 1.54) is 11.4 Å². The number of pyridine rings is 1. The number of hydrogen-bond donors (Lipinski definition) is 0. The molecule has 5 nitrogen and oxygen atoms in total. The smallest absolute Gasteiger partial charge is 0.227 e. The largest absolute Gasteiger partial charge is 0.355 e. The van der Waals surface area contributed by atoms with Gasteiger partial charge in [-0.1, -0.05) is 13.8 Å². The molecular weight excluding hydrogens is 392 g/mol. The van der Waals surface area contributed by atoms with Gasteiger partial charge in [-0.05, 0) is 65.4 Å². The molecule has 1 saturated heterocycles. The molecule has 1 atom stereocenters. The van der Waals surface area contributed by atoms with Crippen LogP contribution in [0.15, 0.2) is 53.5 Å². The average molecular weight is 421 g/mol. The molecule has 5 heterocycles.